The Morgan fingerprint density at radius 3 is 2.19 bits per heavy atom. The van der Waals surface area contributed by atoms with E-state index in [4.69, 9.17) is 18.6 Å². The molecule has 0 unspecified atom stereocenters. The molecule has 0 radical (unpaired) electrons. The second-order valence-electron chi connectivity index (χ2n) is 16.4. The fourth-order valence-electron chi connectivity index (χ4n) is 6.69. The van der Waals surface area contributed by atoms with E-state index in [1.54, 1.807) is 0 Å². The third-order valence-electron chi connectivity index (χ3n) is 11.0. The maximum Gasteiger partial charge on any atom is 0.350 e. The smallest absolute Gasteiger partial charge is 0.350 e. The summed E-state index contributed by atoms with van der Waals surface area (Å²) < 4.78 is 23.6. The van der Waals surface area contributed by atoms with Crippen LogP contribution in [0.4, 0.5) is 5.69 Å². The van der Waals surface area contributed by atoms with Gasteiger partial charge in [-0.05, 0) is 115 Å². The summed E-state index contributed by atoms with van der Waals surface area (Å²) in [6.45, 7) is 20.2. The van der Waals surface area contributed by atoms with E-state index in [-0.39, 0.29) is 40.5 Å². The summed E-state index contributed by atoms with van der Waals surface area (Å²) in [5.41, 5.74) is 0.404. The molecule has 3 aliphatic rings. The van der Waals surface area contributed by atoms with Crippen molar-refractivity contribution in [1.82, 2.24) is 0 Å². The molecule has 3 fully saturated rings. The first-order valence-electron chi connectivity index (χ1n) is 18.1. The summed E-state index contributed by atoms with van der Waals surface area (Å²) in [7, 11) is -0.483. The normalized spacial score (nSPS) is 24.7. The highest BCUT2D eigenvalue weighted by atomic mass is 32.1. The lowest BCUT2D eigenvalue weighted by Crippen LogP contribution is -2.49. The van der Waals surface area contributed by atoms with E-state index < -0.39 is 14.3 Å². The first-order valence-corrected chi connectivity index (χ1v) is 21.8. The molecule has 2 saturated carbocycles. The number of hydrogen-bond acceptors (Lipinski definition) is 7. The number of anilines is 1. The molecule has 1 aliphatic heterocycles. The van der Waals surface area contributed by atoms with Crippen LogP contribution >= 0.6 is 11.3 Å². The first kappa shape index (κ1) is 38.1. The van der Waals surface area contributed by atoms with E-state index in [0.29, 0.717) is 23.1 Å². The third kappa shape index (κ3) is 10.4. The van der Waals surface area contributed by atoms with E-state index >= 15 is 0 Å². The molecule has 1 amide bonds. The molecule has 0 bridgehead atoms. The predicted octanol–water partition coefficient (Wildman–Crippen LogP) is 8.99. The zero-order valence-electron chi connectivity index (χ0n) is 30.7. The molecule has 1 aromatic heterocycles. The van der Waals surface area contributed by atoms with E-state index in [0.717, 1.165) is 88.7 Å². The van der Waals surface area contributed by atoms with E-state index in [1.165, 1.54) is 18.4 Å². The maximum atomic E-state index is 14.5. The molecule has 264 valence electrons. The van der Waals surface area contributed by atoms with Gasteiger partial charge in [-0.2, -0.15) is 0 Å². The van der Waals surface area contributed by atoms with Crippen molar-refractivity contribution in [3.63, 3.8) is 0 Å². The van der Waals surface area contributed by atoms with Crippen LogP contribution in [-0.4, -0.2) is 65.4 Å². The largest absolute Gasteiger partial charge is 0.465 e. The Kier molecular flexibility index (Phi) is 13.2. The van der Waals surface area contributed by atoms with Crippen molar-refractivity contribution in [2.24, 2.45) is 17.3 Å². The lowest BCUT2D eigenvalue weighted by atomic mass is 9.81. The molecule has 0 N–H and O–H groups in total. The molecule has 2 heterocycles. The van der Waals surface area contributed by atoms with Crippen molar-refractivity contribution in [3.8, 4) is 11.8 Å². The average molecular weight is 688 g/mol. The van der Waals surface area contributed by atoms with Gasteiger partial charge in [0, 0.05) is 43.3 Å². The average Bonchev–Trinajstić information content (AvgIpc) is 3.44. The van der Waals surface area contributed by atoms with Gasteiger partial charge in [0.2, 0.25) is 5.91 Å². The van der Waals surface area contributed by atoms with E-state index in [2.05, 4.69) is 66.5 Å². The number of nitrogens with zero attached hydrogens (tertiary/aromatic N) is 1. The van der Waals surface area contributed by atoms with Crippen molar-refractivity contribution in [3.05, 3.63) is 15.8 Å². The lowest BCUT2D eigenvalue weighted by Gasteiger charge is -2.43. The van der Waals surface area contributed by atoms with Crippen LogP contribution in [0.3, 0.4) is 0 Å². The molecule has 4 rings (SSSR count). The predicted molar refractivity (Wildman–Crippen MR) is 194 cm³/mol. The number of rotatable bonds is 10. The number of methoxy groups -OCH3 is 1. The monoisotopic (exact) mass is 687 g/mol. The van der Waals surface area contributed by atoms with Crippen LogP contribution < -0.4 is 4.90 Å². The van der Waals surface area contributed by atoms with Gasteiger partial charge in [0.25, 0.3) is 0 Å². The highest BCUT2D eigenvalue weighted by molar-refractivity contribution is 7.15. The van der Waals surface area contributed by atoms with Gasteiger partial charge in [-0.1, -0.05) is 39.5 Å². The Labute approximate surface area is 290 Å². The van der Waals surface area contributed by atoms with Crippen molar-refractivity contribution >= 4 is 37.2 Å². The molecule has 7 nitrogen and oxygen atoms in total. The van der Waals surface area contributed by atoms with Crippen LogP contribution in [0.15, 0.2) is 6.07 Å². The molecule has 0 atom stereocenters. The molecule has 2 aliphatic carbocycles. The summed E-state index contributed by atoms with van der Waals surface area (Å²) >= 11 is 1.34. The number of esters is 1. The van der Waals surface area contributed by atoms with Crippen LogP contribution in [0.1, 0.15) is 127 Å². The Morgan fingerprint density at radius 1 is 0.957 bits per heavy atom. The molecule has 47 heavy (non-hydrogen) atoms. The fourth-order valence-corrected chi connectivity index (χ4v) is 9.04. The zero-order chi connectivity index (χ0) is 34.4. The molecule has 9 heteroatoms. The highest BCUT2D eigenvalue weighted by Gasteiger charge is 2.42. The van der Waals surface area contributed by atoms with Crippen molar-refractivity contribution in [1.29, 1.82) is 0 Å². The fraction of sp³-hybridized carbons (Fsp3) is 0.789. The second-order valence-corrected chi connectivity index (χ2v) is 22.2. The van der Waals surface area contributed by atoms with Gasteiger partial charge in [0.15, 0.2) is 8.32 Å². The molecule has 1 saturated heterocycles. The van der Waals surface area contributed by atoms with Crippen LogP contribution in [0.2, 0.25) is 18.1 Å². The molecule has 1 aromatic rings. The minimum Gasteiger partial charge on any atom is -0.465 e. The second kappa shape index (κ2) is 16.3. The summed E-state index contributed by atoms with van der Waals surface area (Å²) in [5, 5.41) is 0.153. The first-order chi connectivity index (χ1) is 22.1. The Hall–Kier alpha value is -1.70. The van der Waals surface area contributed by atoms with Crippen LogP contribution in [0, 0.1) is 29.1 Å². The topological polar surface area (TPSA) is 74.3 Å². The standard InChI is InChI=1S/C38H61NO6SSi/c1-27-10-12-28(13-11-27)35(40)39(29-14-16-31(17-15-29)45-47(8,9)37(2,3)4)33-26-32(46-34(33)36(41)42-7)18-21-38(5,6)22-25-44-30-19-23-43-24-20-30/h26-31H,10-17,19-20,22-25H2,1-9H3. The van der Waals surface area contributed by atoms with E-state index in [1.807, 2.05) is 11.0 Å². The molecular weight excluding hydrogens is 627 g/mol. The van der Waals surface area contributed by atoms with Crippen molar-refractivity contribution < 1.29 is 28.2 Å². The Morgan fingerprint density at radius 2 is 1.60 bits per heavy atom. The van der Waals surface area contributed by atoms with Gasteiger partial charge in [-0.3, -0.25) is 4.79 Å². The number of carbonyl (C=O) groups excluding carboxylic acids is 2. The summed E-state index contributed by atoms with van der Waals surface area (Å²) in [5.74, 6) is 7.19. The zero-order valence-corrected chi connectivity index (χ0v) is 32.5. The third-order valence-corrected chi connectivity index (χ3v) is 16.5. The summed E-state index contributed by atoms with van der Waals surface area (Å²) in [4.78, 5) is 31.0. The SMILES string of the molecule is COC(=O)c1sc(C#CC(C)(C)CCOC2CCOCC2)cc1N(C(=O)C1CCC(C)CC1)C1CCC(O[Si](C)(C)C(C)(C)C)CC1. The van der Waals surface area contributed by atoms with Gasteiger partial charge >= 0.3 is 5.97 Å². The number of amides is 1. The highest BCUT2D eigenvalue weighted by Crippen LogP contribution is 2.42. The van der Waals surface area contributed by atoms with Crippen LogP contribution in [0.5, 0.6) is 0 Å². The van der Waals surface area contributed by atoms with Gasteiger partial charge in [-0.15, -0.1) is 11.3 Å². The summed E-state index contributed by atoms with van der Waals surface area (Å²) in [6, 6.07) is 1.99. The van der Waals surface area contributed by atoms with Crippen LogP contribution in [0.25, 0.3) is 0 Å². The van der Waals surface area contributed by atoms with Gasteiger partial charge in [-0.25, -0.2) is 4.79 Å². The molecule has 0 spiro atoms. The minimum atomic E-state index is -1.90. The maximum absolute atomic E-state index is 14.5. The van der Waals surface area contributed by atoms with Crippen molar-refractivity contribution in [2.45, 2.75) is 149 Å². The Balaban J connectivity index is 1.57. The quantitative estimate of drug-likeness (QED) is 0.139. The van der Waals surface area contributed by atoms with Crippen LogP contribution in [-0.2, 0) is 23.4 Å². The number of hydrogen-bond donors (Lipinski definition) is 0. The molecule has 0 aromatic carbocycles. The van der Waals surface area contributed by atoms with E-state index in [9.17, 15) is 9.59 Å². The minimum absolute atomic E-state index is 0.0127. The number of ether oxygens (including phenoxy) is 3. The van der Waals surface area contributed by atoms with Gasteiger partial charge < -0.3 is 23.5 Å². The summed E-state index contributed by atoms with van der Waals surface area (Å²) in [6.07, 6.45) is 10.6. The lowest BCUT2D eigenvalue weighted by molar-refractivity contribution is -0.124. The Bertz CT molecular complexity index is 1250. The van der Waals surface area contributed by atoms with Gasteiger partial charge in [0.05, 0.1) is 23.8 Å². The van der Waals surface area contributed by atoms with Gasteiger partial charge in [0.1, 0.15) is 4.88 Å². The number of carbonyl (C=O) groups is 2. The molecular formula is C38H61NO6SSi. The number of thiophene rings is 1. The van der Waals surface area contributed by atoms with Crippen molar-refractivity contribution in [2.75, 3.05) is 31.8 Å².